The van der Waals surface area contributed by atoms with Gasteiger partial charge in [-0.25, -0.2) is 0 Å². The van der Waals surface area contributed by atoms with Crippen molar-refractivity contribution in [2.75, 3.05) is 5.33 Å². The maximum Gasteiger partial charge on any atom is 0.131 e. The molecule has 0 amide bonds. The van der Waals surface area contributed by atoms with Gasteiger partial charge in [-0.15, -0.1) is 0 Å². The lowest BCUT2D eigenvalue weighted by molar-refractivity contribution is 0.474. The zero-order chi connectivity index (χ0) is 10.7. The van der Waals surface area contributed by atoms with E-state index in [4.69, 9.17) is 0 Å². The van der Waals surface area contributed by atoms with Gasteiger partial charge in [-0.1, -0.05) is 58.1 Å². The SMILES string of the molecule is Oc1ccc2ccccc2c1C#CCBr. The second kappa shape index (κ2) is 4.37. The summed E-state index contributed by atoms with van der Waals surface area (Å²) in [5.41, 5.74) is 0.701. The van der Waals surface area contributed by atoms with E-state index in [9.17, 15) is 5.11 Å². The van der Waals surface area contributed by atoms with E-state index >= 15 is 0 Å². The Bertz CT molecular complexity index is 549. The summed E-state index contributed by atoms with van der Waals surface area (Å²) in [6, 6.07) is 11.5. The van der Waals surface area contributed by atoms with Gasteiger partial charge in [-0.05, 0) is 11.5 Å². The number of hydrogen-bond donors (Lipinski definition) is 1. The number of phenols is 1. The first-order valence-corrected chi connectivity index (χ1v) is 5.70. The van der Waals surface area contributed by atoms with Gasteiger partial charge in [0.1, 0.15) is 5.75 Å². The molecule has 0 spiro atoms. The third kappa shape index (κ3) is 1.98. The minimum Gasteiger partial charge on any atom is -0.507 e. The van der Waals surface area contributed by atoms with Crippen LogP contribution in [0, 0.1) is 11.8 Å². The highest BCUT2D eigenvalue weighted by Gasteiger charge is 2.02. The van der Waals surface area contributed by atoms with E-state index < -0.39 is 0 Å². The second-order valence-corrected chi connectivity index (χ2v) is 3.68. The molecule has 1 nitrogen and oxygen atoms in total. The summed E-state index contributed by atoms with van der Waals surface area (Å²) in [5, 5.41) is 12.4. The maximum atomic E-state index is 9.72. The zero-order valence-corrected chi connectivity index (χ0v) is 9.58. The van der Waals surface area contributed by atoms with Gasteiger partial charge >= 0.3 is 0 Å². The van der Waals surface area contributed by atoms with E-state index in [-0.39, 0.29) is 5.75 Å². The lowest BCUT2D eigenvalue weighted by Crippen LogP contribution is -1.81. The number of hydrogen-bond acceptors (Lipinski definition) is 1. The third-order valence-electron chi connectivity index (χ3n) is 2.19. The van der Waals surface area contributed by atoms with Gasteiger partial charge in [-0.3, -0.25) is 0 Å². The molecule has 74 valence electrons. The Balaban J connectivity index is 2.74. The number of rotatable bonds is 0. The lowest BCUT2D eigenvalue weighted by Gasteiger charge is -2.02. The topological polar surface area (TPSA) is 20.2 Å². The molecule has 0 aliphatic rings. The lowest BCUT2D eigenvalue weighted by atomic mass is 10.0. The van der Waals surface area contributed by atoms with Gasteiger partial charge in [0, 0.05) is 5.39 Å². The highest BCUT2D eigenvalue weighted by molar-refractivity contribution is 9.09. The Kier molecular flexibility index (Phi) is 2.94. The van der Waals surface area contributed by atoms with Crippen LogP contribution in [0.4, 0.5) is 0 Å². The van der Waals surface area contributed by atoms with Crippen LogP contribution in [0.25, 0.3) is 10.8 Å². The summed E-state index contributed by atoms with van der Waals surface area (Å²) >= 11 is 3.24. The van der Waals surface area contributed by atoms with E-state index in [0.717, 1.165) is 10.8 Å². The van der Waals surface area contributed by atoms with Gasteiger partial charge in [0.15, 0.2) is 0 Å². The summed E-state index contributed by atoms with van der Waals surface area (Å²) in [4.78, 5) is 0. The normalized spacial score (nSPS) is 9.67. The molecule has 0 aliphatic carbocycles. The second-order valence-electron chi connectivity index (χ2n) is 3.12. The Morgan fingerprint density at radius 2 is 1.93 bits per heavy atom. The molecule has 2 aromatic rings. The molecule has 0 radical (unpaired) electrons. The number of alkyl halides is 1. The van der Waals surface area contributed by atoms with E-state index in [0.29, 0.717) is 10.9 Å². The van der Waals surface area contributed by atoms with Gasteiger partial charge in [-0.2, -0.15) is 0 Å². The fraction of sp³-hybridized carbons (Fsp3) is 0.0769. The molecule has 2 rings (SSSR count). The van der Waals surface area contributed by atoms with Crippen molar-refractivity contribution in [1.29, 1.82) is 0 Å². The van der Waals surface area contributed by atoms with Crippen molar-refractivity contribution >= 4 is 26.7 Å². The number of aromatic hydroxyl groups is 1. The first-order chi connectivity index (χ1) is 7.33. The average molecular weight is 261 g/mol. The van der Waals surface area contributed by atoms with Crippen molar-refractivity contribution in [2.45, 2.75) is 0 Å². The quantitative estimate of drug-likeness (QED) is 0.570. The number of fused-ring (bicyclic) bond motifs is 1. The first kappa shape index (κ1) is 10.1. The van der Waals surface area contributed by atoms with Gasteiger partial charge < -0.3 is 5.11 Å². The number of benzene rings is 2. The Labute approximate surface area is 96.9 Å². The van der Waals surface area contributed by atoms with Gasteiger partial charge in [0.2, 0.25) is 0 Å². The van der Waals surface area contributed by atoms with Crippen LogP contribution in [0.5, 0.6) is 5.75 Å². The fourth-order valence-electron chi connectivity index (χ4n) is 1.51. The van der Waals surface area contributed by atoms with E-state index in [2.05, 4.69) is 27.8 Å². The molecule has 1 N–H and O–H groups in total. The maximum absolute atomic E-state index is 9.72. The summed E-state index contributed by atoms with van der Waals surface area (Å²) in [6.45, 7) is 0. The van der Waals surface area contributed by atoms with Crippen LogP contribution < -0.4 is 0 Å². The molecule has 0 fully saturated rings. The highest BCUT2D eigenvalue weighted by Crippen LogP contribution is 2.25. The van der Waals surface area contributed by atoms with Crippen molar-refractivity contribution < 1.29 is 5.11 Å². The smallest absolute Gasteiger partial charge is 0.131 e. The van der Waals surface area contributed by atoms with Gasteiger partial charge in [0.25, 0.3) is 0 Å². The molecule has 2 aromatic carbocycles. The first-order valence-electron chi connectivity index (χ1n) is 4.58. The molecule has 0 aliphatic heterocycles. The molecule has 2 heteroatoms. The minimum atomic E-state index is 0.238. The summed E-state index contributed by atoms with van der Waals surface area (Å²) in [5.74, 6) is 6.10. The van der Waals surface area contributed by atoms with E-state index in [1.165, 1.54) is 0 Å². The number of halogens is 1. The van der Waals surface area contributed by atoms with Crippen molar-refractivity contribution in [2.24, 2.45) is 0 Å². The molecule has 15 heavy (non-hydrogen) atoms. The molecule has 0 heterocycles. The van der Waals surface area contributed by atoms with Crippen LogP contribution >= 0.6 is 15.9 Å². The van der Waals surface area contributed by atoms with Crippen LogP contribution in [0.2, 0.25) is 0 Å². The van der Waals surface area contributed by atoms with Crippen molar-refractivity contribution in [3.63, 3.8) is 0 Å². The minimum absolute atomic E-state index is 0.238. The summed E-state index contributed by atoms with van der Waals surface area (Å²) in [6.07, 6.45) is 0. The standard InChI is InChI=1S/C13H9BrO/c14-9-3-6-12-11-5-2-1-4-10(11)7-8-13(12)15/h1-2,4-5,7-8,15H,9H2. The third-order valence-corrected chi connectivity index (χ3v) is 2.47. The summed E-state index contributed by atoms with van der Waals surface area (Å²) in [7, 11) is 0. The Morgan fingerprint density at radius 3 is 2.73 bits per heavy atom. The predicted molar refractivity (Wildman–Crippen MR) is 66.3 cm³/mol. The fourth-order valence-corrected chi connectivity index (χ4v) is 1.65. The summed E-state index contributed by atoms with van der Waals surface area (Å²) < 4.78 is 0. The molecule has 0 bridgehead atoms. The van der Waals surface area contributed by atoms with Crippen molar-refractivity contribution in [3.05, 3.63) is 42.0 Å². The van der Waals surface area contributed by atoms with Crippen molar-refractivity contribution in [3.8, 4) is 17.6 Å². The molecule has 0 unspecified atom stereocenters. The van der Waals surface area contributed by atoms with Crippen LogP contribution in [-0.2, 0) is 0 Å². The van der Waals surface area contributed by atoms with Crippen LogP contribution in [0.3, 0.4) is 0 Å². The average Bonchev–Trinajstić information content (AvgIpc) is 2.28. The Morgan fingerprint density at radius 1 is 1.13 bits per heavy atom. The predicted octanol–water partition coefficient (Wildman–Crippen LogP) is 3.29. The zero-order valence-electron chi connectivity index (χ0n) is 8.00. The molecular formula is C13H9BrO. The molecule has 0 saturated carbocycles. The van der Waals surface area contributed by atoms with Crippen LogP contribution in [0.15, 0.2) is 36.4 Å². The van der Waals surface area contributed by atoms with E-state index in [1.54, 1.807) is 6.07 Å². The van der Waals surface area contributed by atoms with Crippen LogP contribution in [0.1, 0.15) is 5.56 Å². The molecule has 0 atom stereocenters. The molecule has 0 saturated heterocycles. The van der Waals surface area contributed by atoms with E-state index in [1.807, 2.05) is 30.3 Å². The molecule has 0 aromatic heterocycles. The highest BCUT2D eigenvalue weighted by atomic mass is 79.9. The molecular weight excluding hydrogens is 252 g/mol. The Hall–Kier alpha value is -1.46. The van der Waals surface area contributed by atoms with Gasteiger partial charge in [0.05, 0.1) is 10.9 Å². The van der Waals surface area contributed by atoms with Crippen molar-refractivity contribution in [1.82, 2.24) is 0 Å². The van der Waals surface area contributed by atoms with Crippen LogP contribution in [-0.4, -0.2) is 10.4 Å². The largest absolute Gasteiger partial charge is 0.507 e. The monoisotopic (exact) mass is 260 g/mol. The number of phenolic OH excluding ortho intramolecular Hbond substituents is 1.